The Kier molecular flexibility index (Phi) is 8.45. The Bertz CT molecular complexity index is 1030. The van der Waals surface area contributed by atoms with Crippen molar-refractivity contribution in [2.75, 3.05) is 6.16 Å². The Morgan fingerprint density at radius 1 is 0.781 bits per heavy atom. The molecule has 2 atom stereocenters. The fourth-order valence-electron chi connectivity index (χ4n) is 5.14. The lowest BCUT2D eigenvalue weighted by Crippen LogP contribution is -2.29. The molecule has 0 radical (unpaired) electrons. The van der Waals surface area contributed by atoms with Crippen LogP contribution in [0.1, 0.15) is 87.7 Å². The van der Waals surface area contributed by atoms with Gasteiger partial charge in [0.1, 0.15) is 0 Å². The molecule has 3 nitrogen and oxygen atoms in total. The van der Waals surface area contributed by atoms with Gasteiger partial charge >= 0.3 is 0 Å². The van der Waals surface area contributed by atoms with E-state index in [0.717, 1.165) is 33.4 Å². The number of benzene rings is 2. The first-order valence-corrected chi connectivity index (χ1v) is 13.6. The first-order chi connectivity index (χ1) is 14.8. The van der Waals surface area contributed by atoms with Gasteiger partial charge in [0, 0.05) is 17.3 Å². The van der Waals surface area contributed by atoms with Crippen molar-refractivity contribution in [1.29, 1.82) is 0 Å². The van der Waals surface area contributed by atoms with E-state index in [1.807, 2.05) is 86.6 Å². The Morgan fingerprint density at radius 2 is 1.19 bits per heavy atom. The standard InChI is InChI=1S/C28H39O3P/c1-10-11-24(27(29)25-20(6)12-18(4)13-21(25)7)32(31,16-17(2)3)28(30)26-22(8)14-19(5)15-23(26)9/h12-15,17,24H,10-11,16H2,1-9H3. The molecular weight excluding hydrogens is 415 g/mol. The minimum absolute atomic E-state index is 0.0446. The lowest BCUT2D eigenvalue weighted by Gasteiger charge is -2.29. The number of carbonyl (C=O) groups is 2. The van der Waals surface area contributed by atoms with Crippen molar-refractivity contribution < 1.29 is 14.2 Å². The fraction of sp³-hybridized carbons (Fsp3) is 0.500. The van der Waals surface area contributed by atoms with Crippen LogP contribution in [-0.2, 0) is 4.57 Å². The van der Waals surface area contributed by atoms with Gasteiger partial charge in [-0.15, -0.1) is 0 Å². The van der Waals surface area contributed by atoms with E-state index in [2.05, 4.69) is 0 Å². The molecule has 0 N–H and O–H groups in total. The average Bonchev–Trinajstić information content (AvgIpc) is 2.63. The highest BCUT2D eigenvalue weighted by Crippen LogP contribution is 2.58. The average molecular weight is 455 g/mol. The van der Waals surface area contributed by atoms with Gasteiger partial charge in [0.15, 0.2) is 12.9 Å². The van der Waals surface area contributed by atoms with Crippen molar-refractivity contribution in [2.24, 2.45) is 5.92 Å². The van der Waals surface area contributed by atoms with Crippen LogP contribution in [0.2, 0.25) is 0 Å². The van der Waals surface area contributed by atoms with E-state index in [4.69, 9.17) is 0 Å². The zero-order valence-electron chi connectivity index (χ0n) is 21.3. The van der Waals surface area contributed by atoms with Crippen molar-refractivity contribution in [1.82, 2.24) is 0 Å². The maximum absolute atomic E-state index is 14.7. The third kappa shape index (κ3) is 5.31. The number of carbonyl (C=O) groups excluding carboxylic acids is 2. The van der Waals surface area contributed by atoms with Crippen molar-refractivity contribution >= 4 is 18.4 Å². The van der Waals surface area contributed by atoms with Crippen LogP contribution in [0.5, 0.6) is 0 Å². The highest BCUT2D eigenvalue weighted by molar-refractivity contribution is 7.82. The van der Waals surface area contributed by atoms with E-state index in [-0.39, 0.29) is 23.4 Å². The molecule has 0 amide bonds. The van der Waals surface area contributed by atoms with Crippen LogP contribution < -0.4 is 0 Å². The summed E-state index contributed by atoms with van der Waals surface area (Å²) in [5.41, 5.74) is 5.66. The summed E-state index contributed by atoms with van der Waals surface area (Å²) >= 11 is 0. The number of hydrogen-bond donors (Lipinski definition) is 0. The van der Waals surface area contributed by atoms with E-state index < -0.39 is 12.8 Å². The molecule has 2 rings (SSSR count). The lowest BCUT2D eigenvalue weighted by molar-refractivity contribution is 0.0970. The molecule has 174 valence electrons. The number of ketones is 1. The maximum Gasteiger partial charge on any atom is 0.222 e. The predicted molar refractivity (Wildman–Crippen MR) is 136 cm³/mol. The molecular formula is C28H39O3P. The molecule has 0 aliphatic carbocycles. The van der Waals surface area contributed by atoms with Crippen molar-refractivity contribution in [2.45, 2.75) is 80.8 Å². The van der Waals surface area contributed by atoms with Crippen LogP contribution in [0.25, 0.3) is 0 Å². The van der Waals surface area contributed by atoms with Gasteiger partial charge in [0.05, 0.1) is 5.66 Å². The van der Waals surface area contributed by atoms with E-state index in [1.165, 1.54) is 0 Å². The van der Waals surface area contributed by atoms with Crippen LogP contribution in [0.3, 0.4) is 0 Å². The summed E-state index contributed by atoms with van der Waals surface area (Å²) in [7, 11) is -3.55. The van der Waals surface area contributed by atoms with Crippen LogP contribution >= 0.6 is 7.14 Å². The van der Waals surface area contributed by atoms with Crippen LogP contribution in [0.15, 0.2) is 24.3 Å². The van der Waals surface area contributed by atoms with Gasteiger partial charge < -0.3 is 4.57 Å². The molecule has 0 saturated carbocycles. The minimum atomic E-state index is -3.55. The van der Waals surface area contributed by atoms with Gasteiger partial charge in [0.2, 0.25) is 5.52 Å². The molecule has 0 fully saturated rings. The Morgan fingerprint density at radius 3 is 1.56 bits per heavy atom. The number of Topliss-reactive ketones (excluding diaryl/α,β-unsaturated/α-hetero) is 1. The molecule has 0 aliphatic heterocycles. The summed E-state index contributed by atoms with van der Waals surface area (Å²) in [6.07, 6.45) is 1.39. The van der Waals surface area contributed by atoms with Gasteiger partial charge in [-0.05, 0) is 76.1 Å². The molecule has 0 heterocycles. The second-order valence-electron chi connectivity index (χ2n) is 9.89. The molecule has 0 saturated heterocycles. The van der Waals surface area contributed by atoms with Gasteiger partial charge in [-0.1, -0.05) is 62.6 Å². The second kappa shape index (κ2) is 10.3. The molecule has 0 bridgehead atoms. The van der Waals surface area contributed by atoms with Crippen LogP contribution in [0.4, 0.5) is 0 Å². The Balaban J connectivity index is 2.73. The molecule has 32 heavy (non-hydrogen) atoms. The van der Waals surface area contributed by atoms with Crippen molar-refractivity contribution in [3.05, 3.63) is 68.8 Å². The van der Waals surface area contributed by atoms with Gasteiger partial charge in [0.25, 0.3) is 0 Å². The third-order valence-corrected chi connectivity index (χ3v) is 9.85. The molecule has 2 unspecified atom stereocenters. The summed E-state index contributed by atoms with van der Waals surface area (Å²) in [6, 6.07) is 7.91. The van der Waals surface area contributed by atoms with Gasteiger partial charge in [-0.2, -0.15) is 0 Å². The van der Waals surface area contributed by atoms with Gasteiger partial charge in [-0.25, -0.2) is 0 Å². The number of aryl methyl sites for hydroxylation is 6. The van der Waals surface area contributed by atoms with Crippen molar-refractivity contribution in [3.63, 3.8) is 0 Å². The topological polar surface area (TPSA) is 51.2 Å². The molecule has 0 aromatic heterocycles. The highest BCUT2D eigenvalue weighted by Gasteiger charge is 2.45. The fourth-order valence-corrected chi connectivity index (χ4v) is 8.84. The first kappa shape index (κ1) is 26.3. The highest BCUT2D eigenvalue weighted by atomic mass is 31.2. The zero-order chi connectivity index (χ0) is 24.4. The van der Waals surface area contributed by atoms with Crippen molar-refractivity contribution in [3.8, 4) is 0 Å². The van der Waals surface area contributed by atoms with E-state index >= 15 is 0 Å². The third-order valence-electron chi connectivity index (χ3n) is 6.16. The minimum Gasteiger partial charge on any atom is -0.314 e. The molecule has 2 aromatic carbocycles. The first-order valence-electron chi connectivity index (χ1n) is 11.7. The number of hydrogen-bond acceptors (Lipinski definition) is 3. The van der Waals surface area contributed by atoms with E-state index in [0.29, 0.717) is 24.0 Å². The lowest BCUT2D eigenvalue weighted by atomic mass is 9.94. The summed E-state index contributed by atoms with van der Waals surface area (Å²) in [6.45, 7) is 17.6. The summed E-state index contributed by atoms with van der Waals surface area (Å²) in [5.74, 6) is -0.0928. The largest absolute Gasteiger partial charge is 0.314 e. The zero-order valence-corrected chi connectivity index (χ0v) is 22.2. The monoisotopic (exact) mass is 454 g/mol. The quantitative estimate of drug-likeness (QED) is 0.287. The van der Waals surface area contributed by atoms with Crippen LogP contribution in [-0.4, -0.2) is 23.1 Å². The van der Waals surface area contributed by atoms with E-state index in [9.17, 15) is 14.2 Å². The summed E-state index contributed by atoms with van der Waals surface area (Å²) < 4.78 is 14.7. The maximum atomic E-state index is 14.7. The predicted octanol–water partition coefficient (Wildman–Crippen LogP) is 7.75. The SMILES string of the molecule is CCCC(C(=O)c1c(C)cc(C)cc1C)P(=O)(CC(C)C)C(=O)c1c(C)cc(C)cc1C. The Labute approximate surface area is 194 Å². The molecule has 0 spiro atoms. The Hall–Kier alpha value is -1.99. The molecule has 4 heteroatoms. The normalized spacial score (nSPS) is 14.3. The van der Waals surface area contributed by atoms with E-state index in [1.54, 1.807) is 0 Å². The second-order valence-corrected chi connectivity index (χ2v) is 12.9. The van der Waals surface area contributed by atoms with Gasteiger partial charge in [-0.3, -0.25) is 9.59 Å². The smallest absolute Gasteiger partial charge is 0.222 e. The number of rotatable bonds is 9. The summed E-state index contributed by atoms with van der Waals surface area (Å²) in [4.78, 5) is 28.0. The van der Waals surface area contributed by atoms with Crippen LogP contribution in [0, 0.1) is 47.5 Å². The summed E-state index contributed by atoms with van der Waals surface area (Å²) in [5, 5.41) is 0. The molecule has 0 aliphatic rings. The molecule has 2 aromatic rings.